The van der Waals surface area contributed by atoms with Gasteiger partial charge in [-0.1, -0.05) is 30.3 Å². The third kappa shape index (κ3) is 4.59. The van der Waals surface area contributed by atoms with E-state index in [1.165, 1.54) is 0 Å². The summed E-state index contributed by atoms with van der Waals surface area (Å²) < 4.78 is 5.33. The van der Waals surface area contributed by atoms with Crippen molar-refractivity contribution in [1.82, 2.24) is 5.32 Å². The minimum atomic E-state index is -1.01. The van der Waals surface area contributed by atoms with E-state index in [0.717, 1.165) is 5.56 Å². The van der Waals surface area contributed by atoms with Crippen molar-refractivity contribution in [2.45, 2.75) is 38.5 Å². The Labute approximate surface area is 120 Å². The largest absolute Gasteiger partial charge is 0.389 e. The number of benzene rings is 1. The fourth-order valence-corrected chi connectivity index (χ4v) is 1.79. The number of hydrogen-bond donors (Lipinski definition) is 3. The van der Waals surface area contributed by atoms with Crippen LogP contribution < -0.4 is 11.1 Å². The molecule has 0 aromatic heterocycles. The summed E-state index contributed by atoms with van der Waals surface area (Å²) in [6.45, 7) is 5.95. The Kier molecular flexibility index (Phi) is 6.13. The average molecular weight is 280 g/mol. The van der Waals surface area contributed by atoms with Crippen LogP contribution in [0, 0.1) is 0 Å². The Morgan fingerprint density at radius 1 is 1.40 bits per heavy atom. The highest BCUT2D eigenvalue weighted by Gasteiger charge is 2.33. The molecular weight excluding hydrogens is 256 g/mol. The van der Waals surface area contributed by atoms with E-state index in [2.05, 4.69) is 5.32 Å². The maximum atomic E-state index is 11.7. The van der Waals surface area contributed by atoms with Crippen molar-refractivity contribution in [2.24, 2.45) is 5.73 Å². The molecule has 0 saturated heterocycles. The van der Waals surface area contributed by atoms with Gasteiger partial charge in [-0.2, -0.15) is 0 Å². The second kappa shape index (κ2) is 7.38. The van der Waals surface area contributed by atoms with Crippen LogP contribution >= 0.6 is 0 Å². The molecule has 1 aromatic carbocycles. The lowest BCUT2D eigenvalue weighted by molar-refractivity contribution is -0.124. The normalized spacial score (nSPS) is 15.8. The fourth-order valence-electron chi connectivity index (χ4n) is 1.79. The Hall–Kier alpha value is -1.43. The molecule has 2 atom stereocenters. The Bertz CT molecular complexity index is 422. The quantitative estimate of drug-likeness (QED) is 0.656. The van der Waals surface area contributed by atoms with Gasteiger partial charge in [0.2, 0.25) is 5.91 Å². The average Bonchev–Trinajstić information content (AvgIpc) is 2.43. The molecule has 5 heteroatoms. The summed E-state index contributed by atoms with van der Waals surface area (Å²) in [5.41, 5.74) is 5.25. The molecule has 0 aliphatic carbocycles. The fraction of sp³-hybridized carbons (Fsp3) is 0.533. The van der Waals surface area contributed by atoms with Crippen LogP contribution in [-0.2, 0) is 15.1 Å². The molecule has 1 amide bonds. The maximum Gasteiger partial charge on any atom is 0.242 e. The van der Waals surface area contributed by atoms with E-state index in [-0.39, 0.29) is 19.3 Å². The molecule has 0 aliphatic rings. The van der Waals surface area contributed by atoms with Gasteiger partial charge in [0, 0.05) is 6.54 Å². The molecule has 20 heavy (non-hydrogen) atoms. The topological polar surface area (TPSA) is 84.6 Å². The summed E-state index contributed by atoms with van der Waals surface area (Å²) in [5.74, 6) is -0.485. The number of ether oxygens (including phenoxy) is 1. The predicted octanol–water partition coefficient (Wildman–Crippen LogP) is 0.763. The van der Waals surface area contributed by atoms with Crippen LogP contribution in [0.3, 0.4) is 0 Å². The van der Waals surface area contributed by atoms with Gasteiger partial charge in [0.15, 0.2) is 0 Å². The maximum absolute atomic E-state index is 11.7. The van der Waals surface area contributed by atoms with E-state index >= 15 is 0 Å². The number of carbonyl (C=O) groups excluding carboxylic acids is 1. The summed E-state index contributed by atoms with van der Waals surface area (Å²) >= 11 is 0. The highest BCUT2D eigenvalue weighted by molar-refractivity contribution is 5.85. The smallest absolute Gasteiger partial charge is 0.242 e. The number of rotatable bonds is 8. The summed E-state index contributed by atoms with van der Waals surface area (Å²) in [7, 11) is 0. The first-order chi connectivity index (χ1) is 9.36. The van der Waals surface area contributed by atoms with Crippen LogP contribution in [0.5, 0.6) is 0 Å². The zero-order chi connectivity index (χ0) is 15.2. The van der Waals surface area contributed by atoms with Gasteiger partial charge < -0.3 is 15.6 Å². The van der Waals surface area contributed by atoms with E-state index in [4.69, 9.17) is 10.5 Å². The number of carbonyl (C=O) groups is 1. The van der Waals surface area contributed by atoms with Gasteiger partial charge in [-0.3, -0.25) is 10.1 Å². The van der Waals surface area contributed by atoms with Gasteiger partial charge in [0.25, 0.3) is 0 Å². The monoisotopic (exact) mass is 280 g/mol. The lowest BCUT2D eigenvalue weighted by Crippen LogP contribution is -2.52. The molecule has 1 rings (SSSR count). The number of amides is 1. The van der Waals surface area contributed by atoms with Crippen LogP contribution in [-0.4, -0.2) is 36.4 Å². The molecule has 0 fully saturated rings. The number of nitrogens with one attached hydrogen (secondary N) is 1. The molecule has 5 nitrogen and oxygen atoms in total. The summed E-state index contributed by atoms with van der Waals surface area (Å²) in [5, 5.41) is 12.9. The van der Waals surface area contributed by atoms with Crippen molar-refractivity contribution in [2.75, 3.05) is 13.2 Å². The van der Waals surface area contributed by atoms with Crippen LogP contribution in [0.1, 0.15) is 26.3 Å². The zero-order valence-electron chi connectivity index (χ0n) is 12.3. The van der Waals surface area contributed by atoms with Gasteiger partial charge in [0.05, 0.1) is 18.8 Å². The molecule has 0 radical (unpaired) electrons. The first-order valence-electron chi connectivity index (χ1n) is 6.76. The predicted molar refractivity (Wildman–Crippen MR) is 78.1 cm³/mol. The first-order valence-corrected chi connectivity index (χ1v) is 6.76. The van der Waals surface area contributed by atoms with Crippen LogP contribution in [0.15, 0.2) is 30.3 Å². The standard InChI is InChI=1S/C15H24N2O3/c1-11(2)20-10-13(18)9-17-15(3,14(16)19)12-7-5-4-6-8-12/h4-8,11,13,17-18H,9-10H2,1-3H3,(H2,16,19). The molecule has 0 bridgehead atoms. The molecule has 4 N–H and O–H groups in total. The number of hydrogen-bond acceptors (Lipinski definition) is 4. The Morgan fingerprint density at radius 3 is 2.50 bits per heavy atom. The van der Waals surface area contributed by atoms with Gasteiger partial charge in [0.1, 0.15) is 5.54 Å². The van der Waals surface area contributed by atoms with Crippen molar-refractivity contribution in [3.63, 3.8) is 0 Å². The Morgan fingerprint density at radius 2 is 2.00 bits per heavy atom. The summed E-state index contributed by atoms with van der Waals surface area (Å²) in [6, 6.07) is 9.22. The second-order valence-corrected chi connectivity index (χ2v) is 5.27. The van der Waals surface area contributed by atoms with Gasteiger partial charge in [-0.25, -0.2) is 0 Å². The van der Waals surface area contributed by atoms with Gasteiger partial charge in [-0.15, -0.1) is 0 Å². The highest BCUT2D eigenvalue weighted by atomic mass is 16.5. The minimum Gasteiger partial charge on any atom is -0.389 e. The van der Waals surface area contributed by atoms with Crippen molar-refractivity contribution in [3.05, 3.63) is 35.9 Å². The van der Waals surface area contributed by atoms with Crippen molar-refractivity contribution < 1.29 is 14.6 Å². The molecule has 0 aliphatic heterocycles. The summed E-state index contributed by atoms with van der Waals surface area (Å²) in [6.07, 6.45) is -0.638. The minimum absolute atomic E-state index is 0.0568. The molecule has 0 saturated carbocycles. The molecule has 112 valence electrons. The first kappa shape index (κ1) is 16.6. The van der Waals surface area contributed by atoms with Crippen LogP contribution in [0.25, 0.3) is 0 Å². The molecule has 2 unspecified atom stereocenters. The molecule has 0 spiro atoms. The Balaban J connectivity index is 2.67. The van der Waals surface area contributed by atoms with Gasteiger partial charge >= 0.3 is 0 Å². The van der Waals surface area contributed by atoms with Crippen molar-refractivity contribution in [3.8, 4) is 0 Å². The van der Waals surface area contributed by atoms with Gasteiger partial charge in [-0.05, 0) is 26.3 Å². The molecule has 1 aromatic rings. The number of aliphatic hydroxyl groups excluding tert-OH is 1. The molecule has 0 heterocycles. The third-order valence-corrected chi connectivity index (χ3v) is 3.16. The van der Waals surface area contributed by atoms with E-state index in [0.29, 0.717) is 0 Å². The summed E-state index contributed by atoms with van der Waals surface area (Å²) in [4.78, 5) is 11.7. The van der Waals surface area contributed by atoms with E-state index in [1.54, 1.807) is 6.92 Å². The lowest BCUT2D eigenvalue weighted by atomic mass is 9.91. The van der Waals surface area contributed by atoms with Crippen LogP contribution in [0.4, 0.5) is 0 Å². The SMILES string of the molecule is CC(C)OCC(O)CNC(C)(C(N)=O)c1ccccc1. The highest BCUT2D eigenvalue weighted by Crippen LogP contribution is 2.19. The number of primary amides is 1. The van der Waals surface area contributed by atoms with Crippen LogP contribution in [0.2, 0.25) is 0 Å². The second-order valence-electron chi connectivity index (χ2n) is 5.27. The number of nitrogens with two attached hydrogens (primary N) is 1. The van der Waals surface area contributed by atoms with Crippen molar-refractivity contribution in [1.29, 1.82) is 0 Å². The molecular formula is C15H24N2O3. The van der Waals surface area contributed by atoms with Crippen molar-refractivity contribution >= 4 is 5.91 Å². The van der Waals surface area contributed by atoms with E-state index in [9.17, 15) is 9.90 Å². The van der Waals surface area contributed by atoms with E-state index < -0.39 is 17.6 Å². The number of aliphatic hydroxyl groups is 1. The van der Waals surface area contributed by atoms with E-state index in [1.807, 2.05) is 44.2 Å². The lowest BCUT2D eigenvalue weighted by Gasteiger charge is -2.29. The zero-order valence-corrected chi connectivity index (χ0v) is 12.3. The third-order valence-electron chi connectivity index (χ3n) is 3.16.